The fourth-order valence-electron chi connectivity index (χ4n) is 3.00. The number of benzene rings is 1. The van der Waals surface area contributed by atoms with Gasteiger partial charge < -0.3 is 10.1 Å². The van der Waals surface area contributed by atoms with Gasteiger partial charge >= 0.3 is 5.97 Å². The molecule has 0 bridgehead atoms. The monoisotopic (exact) mass is 367 g/mol. The molecule has 0 spiro atoms. The maximum atomic E-state index is 12.4. The summed E-state index contributed by atoms with van der Waals surface area (Å²) in [6.07, 6.45) is 3.95. The second-order valence-electron chi connectivity index (χ2n) is 6.37. The molecule has 1 N–H and O–H groups in total. The molecule has 3 rings (SSSR count). The molecule has 142 valence electrons. The Morgan fingerprint density at radius 3 is 2.81 bits per heavy atom. The first-order valence-electron chi connectivity index (χ1n) is 9.35. The maximum absolute atomic E-state index is 12.4. The summed E-state index contributed by atoms with van der Waals surface area (Å²) in [6, 6.07) is 11.9. The topological polar surface area (TPSA) is 81.4 Å². The first kappa shape index (κ1) is 18.8. The third-order valence-electron chi connectivity index (χ3n) is 4.29. The zero-order chi connectivity index (χ0) is 19.1. The van der Waals surface area contributed by atoms with Crippen molar-refractivity contribution >= 4 is 17.6 Å². The normalized spacial score (nSPS) is 12.1. The van der Waals surface area contributed by atoms with E-state index < -0.39 is 0 Å². The Morgan fingerprint density at radius 2 is 2.07 bits per heavy atom. The highest BCUT2D eigenvalue weighted by atomic mass is 16.5. The van der Waals surface area contributed by atoms with Gasteiger partial charge in [0.15, 0.2) is 0 Å². The molecule has 0 aliphatic rings. The van der Waals surface area contributed by atoms with Crippen molar-refractivity contribution in [2.24, 2.45) is 5.92 Å². The first-order chi connectivity index (χ1) is 13.2. The molecule has 7 heteroatoms. The average molecular weight is 367 g/mol. The smallest absolute Gasteiger partial charge is 0.311 e. The molecule has 0 aliphatic carbocycles. The Balaban J connectivity index is 1.79. The summed E-state index contributed by atoms with van der Waals surface area (Å²) < 4.78 is 6.93. The summed E-state index contributed by atoms with van der Waals surface area (Å²) in [6.45, 7) is 4.74. The van der Waals surface area contributed by atoms with Crippen LogP contribution in [0.5, 0.6) is 0 Å². The number of anilines is 1. The SMILES string of the molecule is CCCc1cc(NCC(Cc2ccccc2)C(=O)OCC)n2ncnc2n1. The summed E-state index contributed by atoms with van der Waals surface area (Å²) in [7, 11) is 0. The molecule has 0 fully saturated rings. The predicted octanol–water partition coefficient (Wildman–Crippen LogP) is 2.91. The van der Waals surface area contributed by atoms with Crippen molar-refractivity contribution in [3.63, 3.8) is 0 Å². The molecule has 1 aromatic carbocycles. The van der Waals surface area contributed by atoms with Gasteiger partial charge in [0, 0.05) is 18.3 Å². The van der Waals surface area contributed by atoms with Crippen LogP contribution >= 0.6 is 0 Å². The maximum Gasteiger partial charge on any atom is 0.311 e. The Morgan fingerprint density at radius 1 is 1.26 bits per heavy atom. The van der Waals surface area contributed by atoms with Crippen LogP contribution < -0.4 is 5.32 Å². The quantitative estimate of drug-likeness (QED) is 0.586. The number of fused-ring (bicyclic) bond motifs is 1. The predicted molar refractivity (Wildman–Crippen MR) is 104 cm³/mol. The van der Waals surface area contributed by atoms with E-state index in [9.17, 15) is 4.79 Å². The van der Waals surface area contributed by atoms with E-state index in [0.29, 0.717) is 25.4 Å². The van der Waals surface area contributed by atoms with Gasteiger partial charge in [-0.2, -0.15) is 14.6 Å². The van der Waals surface area contributed by atoms with Crippen LogP contribution in [0.2, 0.25) is 0 Å². The van der Waals surface area contributed by atoms with Crippen LogP contribution in [0.15, 0.2) is 42.7 Å². The van der Waals surface area contributed by atoms with E-state index in [1.807, 2.05) is 43.3 Å². The highest BCUT2D eigenvalue weighted by Crippen LogP contribution is 2.16. The van der Waals surface area contributed by atoms with Gasteiger partial charge in [0.1, 0.15) is 12.1 Å². The number of hydrogen-bond donors (Lipinski definition) is 1. The van der Waals surface area contributed by atoms with Crippen LogP contribution in [0.3, 0.4) is 0 Å². The first-order valence-corrected chi connectivity index (χ1v) is 9.35. The van der Waals surface area contributed by atoms with Gasteiger partial charge in [-0.3, -0.25) is 4.79 Å². The molecule has 3 aromatic rings. The van der Waals surface area contributed by atoms with Crippen LogP contribution in [-0.2, 0) is 22.4 Å². The van der Waals surface area contributed by atoms with E-state index in [0.717, 1.165) is 29.9 Å². The van der Waals surface area contributed by atoms with E-state index >= 15 is 0 Å². The van der Waals surface area contributed by atoms with E-state index in [1.165, 1.54) is 6.33 Å². The molecule has 0 saturated heterocycles. The fourth-order valence-corrected chi connectivity index (χ4v) is 3.00. The van der Waals surface area contributed by atoms with Crippen molar-refractivity contribution in [2.45, 2.75) is 33.1 Å². The number of carbonyl (C=O) groups excluding carboxylic acids is 1. The third kappa shape index (κ3) is 4.81. The van der Waals surface area contributed by atoms with Crippen LogP contribution in [0.25, 0.3) is 5.78 Å². The number of carbonyl (C=O) groups is 1. The number of esters is 1. The minimum Gasteiger partial charge on any atom is -0.466 e. The summed E-state index contributed by atoms with van der Waals surface area (Å²) in [5.74, 6) is 0.836. The van der Waals surface area contributed by atoms with Gasteiger partial charge in [0.05, 0.1) is 12.5 Å². The lowest BCUT2D eigenvalue weighted by Gasteiger charge is -2.17. The minimum absolute atomic E-state index is 0.202. The molecular formula is C20H25N5O2. The summed E-state index contributed by atoms with van der Waals surface area (Å²) in [5.41, 5.74) is 2.06. The molecule has 0 aliphatic heterocycles. The van der Waals surface area contributed by atoms with Gasteiger partial charge in [0.2, 0.25) is 0 Å². The van der Waals surface area contributed by atoms with Crippen molar-refractivity contribution in [3.05, 3.63) is 54.0 Å². The van der Waals surface area contributed by atoms with Crippen molar-refractivity contribution < 1.29 is 9.53 Å². The third-order valence-corrected chi connectivity index (χ3v) is 4.29. The Bertz CT molecular complexity index is 878. The van der Waals surface area contributed by atoms with Crippen LogP contribution in [0, 0.1) is 5.92 Å². The Kier molecular flexibility index (Phi) is 6.35. The summed E-state index contributed by atoms with van der Waals surface area (Å²) >= 11 is 0. The van der Waals surface area contributed by atoms with E-state index in [1.54, 1.807) is 4.52 Å². The molecule has 7 nitrogen and oxygen atoms in total. The van der Waals surface area contributed by atoms with E-state index in [-0.39, 0.29) is 11.9 Å². The molecule has 2 aromatic heterocycles. The van der Waals surface area contributed by atoms with Gasteiger partial charge in [0.25, 0.3) is 5.78 Å². The van der Waals surface area contributed by atoms with Crippen LogP contribution in [-0.4, -0.2) is 38.7 Å². The highest BCUT2D eigenvalue weighted by Gasteiger charge is 2.21. The molecule has 0 amide bonds. The number of nitrogens with one attached hydrogen (secondary N) is 1. The molecule has 1 atom stereocenters. The number of nitrogens with zero attached hydrogens (tertiary/aromatic N) is 4. The van der Waals surface area contributed by atoms with E-state index in [2.05, 4.69) is 27.3 Å². The summed E-state index contributed by atoms with van der Waals surface area (Å²) in [5, 5.41) is 7.58. The highest BCUT2D eigenvalue weighted by molar-refractivity contribution is 5.73. The standard InChI is InChI=1S/C20H25N5O2/c1-3-8-17-12-18(25-20(24-17)22-14-23-25)21-13-16(19(26)27-4-2)11-15-9-6-5-7-10-15/h5-7,9-10,12,14,16,21H,3-4,8,11,13H2,1-2H3. The number of aryl methyl sites for hydroxylation is 1. The molecule has 0 saturated carbocycles. The van der Waals surface area contributed by atoms with Gasteiger partial charge in [-0.1, -0.05) is 43.7 Å². The van der Waals surface area contributed by atoms with Crippen molar-refractivity contribution in [1.82, 2.24) is 19.6 Å². The zero-order valence-corrected chi connectivity index (χ0v) is 15.8. The van der Waals surface area contributed by atoms with Crippen LogP contribution in [0.1, 0.15) is 31.5 Å². The van der Waals surface area contributed by atoms with Gasteiger partial charge in [-0.25, -0.2) is 4.98 Å². The molecule has 1 unspecified atom stereocenters. The number of aromatic nitrogens is 4. The number of hydrogen-bond acceptors (Lipinski definition) is 6. The Hall–Kier alpha value is -2.96. The largest absolute Gasteiger partial charge is 0.466 e. The van der Waals surface area contributed by atoms with Crippen molar-refractivity contribution in [2.75, 3.05) is 18.5 Å². The second kappa shape index (κ2) is 9.12. The molecule has 0 radical (unpaired) electrons. The average Bonchev–Trinajstić information content (AvgIpc) is 3.15. The second-order valence-corrected chi connectivity index (χ2v) is 6.37. The lowest BCUT2D eigenvalue weighted by molar-refractivity contribution is -0.147. The summed E-state index contributed by atoms with van der Waals surface area (Å²) in [4.78, 5) is 21.1. The lowest BCUT2D eigenvalue weighted by atomic mass is 9.99. The number of ether oxygens (including phenoxy) is 1. The van der Waals surface area contributed by atoms with Crippen molar-refractivity contribution in [3.8, 4) is 0 Å². The van der Waals surface area contributed by atoms with E-state index in [4.69, 9.17) is 4.74 Å². The van der Waals surface area contributed by atoms with Crippen LogP contribution in [0.4, 0.5) is 5.82 Å². The van der Waals surface area contributed by atoms with Gasteiger partial charge in [-0.05, 0) is 25.3 Å². The van der Waals surface area contributed by atoms with Crippen molar-refractivity contribution in [1.29, 1.82) is 0 Å². The molecular weight excluding hydrogens is 342 g/mol. The fraction of sp³-hybridized carbons (Fsp3) is 0.400. The van der Waals surface area contributed by atoms with Gasteiger partial charge in [-0.15, -0.1) is 0 Å². The zero-order valence-electron chi connectivity index (χ0n) is 15.8. The number of rotatable bonds is 9. The minimum atomic E-state index is -0.297. The Labute approximate surface area is 158 Å². The lowest BCUT2D eigenvalue weighted by Crippen LogP contribution is -2.28. The molecule has 27 heavy (non-hydrogen) atoms. The molecule has 2 heterocycles.